The molecule has 0 aromatic heterocycles. The van der Waals surface area contributed by atoms with Gasteiger partial charge in [-0.3, -0.25) is 0 Å². The zero-order valence-electron chi connectivity index (χ0n) is 11.5. The lowest BCUT2D eigenvalue weighted by molar-refractivity contribution is 0.351. The molecule has 0 heterocycles. The maximum Gasteiger partial charge on any atom is 0.123 e. The van der Waals surface area contributed by atoms with Gasteiger partial charge < -0.3 is 5.32 Å². The molecule has 0 aliphatic heterocycles. The number of halogens is 1. The first-order valence-electron chi connectivity index (χ1n) is 7.18. The molecule has 100 valence electrons. The van der Waals surface area contributed by atoms with Gasteiger partial charge in [0.2, 0.25) is 0 Å². The number of hydrogen-bond donors (Lipinski definition) is 1. The molecule has 1 fully saturated rings. The Morgan fingerprint density at radius 3 is 2.61 bits per heavy atom. The van der Waals surface area contributed by atoms with Crippen LogP contribution in [0.1, 0.15) is 38.7 Å². The zero-order valence-corrected chi connectivity index (χ0v) is 11.5. The third-order valence-electron chi connectivity index (χ3n) is 4.29. The summed E-state index contributed by atoms with van der Waals surface area (Å²) >= 11 is 0. The van der Waals surface area contributed by atoms with Crippen LogP contribution in [0.3, 0.4) is 0 Å². The van der Waals surface area contributed by atoms with Crippen LogP contribution in [-0.4, -0.2) is 12.6 Å². The summed E-state index contributed by atoms with van der Waals surface area (Å²) in [6, 6.07) is 7.67. The number of rotatable bonds is 5. The standard InChI is InChI=1S/C16H24FN/c1-3-10-18-16-9-6-14(12(16)2)11-13-4-7-15(17)8-5-13/h4-5,7-8,12,14,16,18H,3,6,9-11H2,1-2H3. The summed E-state index contributed by atoms with van der Waals surface area (Å²) in [5.74, 6) is 1.33. The van der Waals surface area contributed by atoms with E-state index in [-0.39, 0.29) is 5.82 Å². The van der Waals surface area contributed by atoms with Gasteiger partial charge in [0.25, 0.3) is 0 Å². The predicted molar refractivity (Wildman–Crippen MR) is 74.1 cm³/mol. The van der Waals surface area contributed by atoms with Gasteiger partial charge in [-0.15, -0.1) is 0 Å². The maximum absolute atomic E-state index is 12.9. The van der Waals surface area contributed by atoms with Crippen molar-refractivity contribution in [2.75, 3.05) is 6.54 Å². The number of benzene rings is 1. The highest BCUT2D eigenvalue weighted by molar-refractivity contribution is 5.17. The molecule has 18 heavy (non-hydrogen) atoms. The third-order valence-corrected chi connectivity index (χ3v) is 4.29. The molecule has 1 aliphatic rings. The lowest BCUT2D eigenvalue weighted by Crippen LogP contribution is -2.33. The second kappa shape index (κ2) is 6.33. The minimum Gasteiger partial charge on any atom is -0.314 e. The Balaban J connectivity index is 1.89. The first-order valence-corrected chi connectivity index (χ1v) is 7.18. The lowest BCUT2D eigenvalue weighted by Gasteiger charge is -2.21. The summed E-state index contributed by atoms with van der Waals surface area (Å²) in [5, 5.41) is 3.65. The number of nitrogens with one attached hydrogen (secondary N) is 1. The molecule has 1 saturated carbocycles. The van der Waals surface area contributed by atoms with Crippen molar-refractivity contribution in [1.82, 2.24) is 5.32 Å². The molecule has 0 spiro atoms. The zero-order chi connectivity index (χ0) is 13.0. The molecular formula is C16H24FN. The minimum absolute atomic E-state index is 0.138. The molecule has 2 rings (SSSR count). The molecular weight excluding hydrogens is 225 g/mol. The van der Waals surface area contributed by atoms with Crippen molar-refractivity contribution >= 4 is 0 Å². The van der Waals surface area contributed by atoms with Crippen LogP contribution in [0.2, 0.25) is 0 Å². The van der Waals surface area contributed by atoms with Crippen LogP contribution in [0.15, 0.2) is 24.3 Å². The Labute approximate surface area is 110 Å². The van der Waals surface area contributed by atoms with E-state index in [2.05, 4.69) is 19.2 Å². The molecule has 1 N–H and O–H groups in total. The van der Waals surface area contributed by atoms with Gasteiger partial charge in [-0.25, -0.2) is 4.39 Å². The summed E-state index contributed by atoms with van der Waals surface area (Å²) in [7, 11) is 0. The van der Waals surface area contributed by atoms with E-state index in [1.54, 1.807) is 12.1 Å². The van der Waals surface area contributed by atoms with Gasteiger partial charge in [0.1, 0.15) is 5.82 Å². The Morgan fingerprint density at radius 2 is 1.94 bits per heavy atom. The van der Waals surface area contributed by atoms with Crippen LogP contribution < -0.4 is 5.32 Å². The van der Waals surface area contributed by atoms with Crippen LogP contribution in [0.25, 0.3) is 0 Å². The van der Waals surface area contributed by atoms with E-state index in [0.29, 0.717) is 6.04 Å². The van der Waals surface area contributed by atoms with E-state index in [1.165, 1.54) is 24.8 Å². The van der Waals surface area contributed by atoms with Crippen LogP contribution >= 0.6 is 0 Å². The largest absolute Gasteiger partial charge is 0.314 e. The molecule has 1 aromatic rings. The van der Waals surface area contributed by atoms with Crippen molar-refractivity contribution < 1.29 is 4.39 Å². The molecule has 0 bridgehead atoms. The lowest BCUT2D eigenvalue weighted by atomic mass is 9.89. The van der Waals surface area contributed by atoms with Crippen LogP contribution in [0.5, 0.6) is 0 Å². The maximum atomic E-state index is 12.9. The SMILES string of the molecule is CCCNC1CCC(Cc2ccc(F)cc2)C1C. The molecule has 2 heteroatoms. The van der Waals surface area contributed by atoms with E-state index >= 15 is 0 Å². The van der Waals surface area contributed by atoms with Crippen molar-refractivity contribution in [2.24, 2.45) is 11.8 Å². The van der Waals surface area contributed by atoms with Crippen molar-refractivity contribution in [3.05, 3.63) is 35.6 Å². The second-order valence-electron chi connectivity index (χ2n) is 5.59. The molecule has 0 amide bonds. The summed E-state index contributed by atoms with van der Waals surface area (Å²) in [5.41, 5.74) is 1.27. The fraction of sp³-hybridized carbons (Fsp3) is 0.625. The highest BCUT2D eigenvalue weighted by Crippen LogP contribution is 2.34. The Hall–Kier alpha value is -0.890. The first kappa shape index (κ1) is 13.5. The molecule has 0 saturated heterocycles. The molecule has 3 unspecified atom stereocenters. The van der Waals surface area contributed by atoms with Crippen LogP contribution in [0, 0.1) is 17.7 Å². The molecule has 1 nitrogen and oxygen atoms in total. The first-order chi connectivity index (χ1) is 8.70. The van der Waals surface area contributed by atoms with Crippen molar-refractivity contribution in [1.29, 1.82) is 0 Å². The van der Waals surface area contributed by atoms with Gasteiger partial charge in [0.15, 0.2) is 0 Å². The Kier molecular flexibility index (Phi) is 4.76. The van der Waals surface area contributed by atoms with Gasteiger partial charge in [0.05, 0.1) is 0 Å². The fourth-order valence-corrected chi connectivity index (χ4v) is 3.08. The third kappa shape index (κ3) is 3.32. The quantitative estimate of drug-likeness (QED) is 0.837. The smallest absolute Gasteiger partial charge is 0.123 e. The van der Waals surface area contributed by atoms with E-state index in [4.69, 9.17) is 0 Å². The summed E-state index contributed by atoms with van der Waals surface area (Å²) in [4.78, 5) is 0. The Bertz CT molecular complexity index is 360. The monoisotopic (exact) mass is 249 g/mol. The topological polar surface area (TPSA) is 12.0 Å². The number of hydrogen-bond acceptors (Lipinski definition) is 1. The second-order valence-corrected chi connectivity index (χ2v) is 5.59. The molecule has 1 aliphatic carbocycles. The van der Waals surface area contributed by atoms with Gasteiger partial charge in [-0.05, 0) is 61.8 Å². The summed E-state index contributed by atoms with van der Waals surface area (Å²) < 4.78 is 12.9. The average Bonchev–Trinajstić information content (AvgIpc) is 2.71. The van der Waals surface area contributed by atoms with Crippen molar-refractivity contribution in [3.8, 4) is 0 Å². The highest BCUT2D eigenvalue weighted by Gasteiger charge is 2.31. The van der Waals surface area contributed by atoms with E-state index in [1.807, 2.05) is 12.1 Å². The van der Waals surface area contributed by atoms with Crippen molar-refractivity contribution in [2.45, 2.75) is 45.6 Å². The summed E-state index contributed by atoms with van der Waals surface area (Å²) in [6.45, 7) is 5.69. The normalized spacial score (nSPS) is 27.6. The van der Waals surface area contributed by atoms with E-state index in [0.717, 1.165) is 24.8 Å². The fourth-order valence-electron chi connectivity index (χ4n) is 3.08. The van der Waals surface area contributed by atoms with Crippen LogP contribution in [-0.2, 0) is 6.42 Å². The minimum atomic E-state index is -0.138. The van der Waals surface area contributed by atoms with Gasteiger partial charge in [-0.2, -0.15) is 0 Å². The Morgan fingerprint density at radius 1 is 1.22 bits per heavy atom. The van der Waals surface area contributed by atoms with Crippen LogP contribution in [0.4, 0.5) is 4.39 Å². The van der Waals surface area contributed by atoms with E-state index < -0.39 is 0 Å². The average molecular weight is 249 g/mol. The molecule has 3 atom stereocenters. The summed E-state index contributed by atoms with van der Waals surface area (Å²) in [6.07, 6.45) is 4.87. The van der Waals surface area contributed by atoms with Crippen molar-refractivity contribution in [3.63, 3.8) is 0 Å². The van der Waals surface area contributed by atoms with Gasteiger partial charge in [-0.1, -0.05) is 26.0 Å². The predicted octanol–water partition coefficient (Wildman–Crippen LogP) is 3.78. The highest BCUT2D eigenvalue weighted by atomic mass is 19.1. The van der Waals surface area contributed by atoms with Gasteiger partial charge in [0, 0.05) is 6.04 Å². The molecule has 0 radical (unpaired) electrons. The molecule has 1 aromatic carbocycles. The van der Waals surface area contributed by atoms with Gasteiger partial charge >= 0.3 is 0 Å². The van der Waals surface area contributed by atoms with E-state index in [9.17, 15) is 4.39 Å².